The van der Waals surface area contributed by atoms with Crippen LogP contribution in [0.1, 0.15) is 41.0 Å². The Hall–Kier alpha value is -1.68. The highest BCUT2D eigenvalue weighted by Crippen LogP contribution is 2.48. The number of carboxylic acids is 1. The third-order valence-electron chi connectivity index (χ3n) is 4.55. The second kappa shape index (κ2) is 6.32. The standard InChI is InChI=1S/C14H25N3O6S/c1-7(16-11(21)8(15)6-9(18)19)10(20)17-12-13(2,3)24(22,23)14(12,4)5/h7-8,12H,6,15H2,1-5H3,(H,16,21)(H,17,20)(H,18,19). The zero-order chi connectivity index (χ0) is 19.1. The lowest BCUT2D eigenvalue weighted by atomic mass is 9.89. The number of hydrogen-bond acceptors (Lipinski definition) is 6. The van der Waals surface area contributed by atoms with Crippen molar-refractivity contribution in [1.29, 1.82) is 0 Å². The Morgan fingerprint density at radius 2 is 1.58 bits per heavy atom. The summed E-state index contributed by atoms with van der Waals surface area (Å²) in [6.45, 7) is 7.54. The quantitative estimate of drug-likeness (QED) is 0.460. The zero-order valence-corrected chi connectivity index (χ0v) is 15.2. The summed E-state index contributed by atoms with van der Waals surface area (Å²) in [6.07, 6.45) is -0.554. The molecule has 1 saturated heterocycles. The molecule has 2 atom stereocenters. The smallest absolute Gasteiger partial charge is 0.305 e. The van der Waals surface area contributed by atoms with Gasteiger partial charge >= 0.3 is 5.97 Å². The van der Waals surface area contributed by atoms with E-state index in [9.17, 15) is 22.8 Å². The molecule has 0 aromatic rings. The van der Waals surface area contributed by atoms with Crippen LogP contribution in [-0.4, -0.2) is 58.9 Å². The highest BCUT2D eigenvalue weighted by molar-refractivity contribution is 7.95. The molecule has 1 aliphatic rings. The van der Waals surface area contributed by atoms with E-state index in [1.807, 2.05) is 0 Å². The highest BCUT2D eigenvalue weighted by Gasteiger charge is 2.67. The molecular weight excluding hydrogens is 338 g/mol. The summed E-state index contributed by atoms with van der Waals surface area (Å²) in [5, 5.41) is 13.6. The molecule has 0 spiro atoms. The molecular formula is C14H25N3O6S. The van der Waals surface area contributed by atoms with Gasteiger partial charge in [-0.2, -0.15) is 0 Å². The van der Waals surface area contributed by atoms with Gasteiger partial charge in [-0.25, -0.2) is 8.42 Å². The van der Waals surface area contributed by atoms with Crippen molar-refractivity contribution in [3.05, 3.63) is 0 Å². The molecule has 5 N–H and O–H groups in total. The van der Waals surface area contributed by atoms with Crippen molar-refractivity contribution in [2.75, 3.05) is 0 Å². The van der Waals surface area contributed by atoms with Crippen LogP contribution in [0.3, 0.4) is 0 Å². The monoisotopic (exact) mass is 363 g/mol. The Bertz CT molecular complexity index is 633. The predicted molar refractivity (Wildman–Crippen MR) is 86.8 cm³/mol. The number of carbonyl (C=O) groups is 3. The van der Waals surface area contributed by atoms with E-state index in [0.717, 1.165) is 0 Å². The molecule has 0 aliphatic carbocycles. The molecule has 9 nitrogen and oxygen atoms in total. The van der Waals surface area contributed by atoms with Crippen molar-refractivity contribution >= 4 is 27.6 Å². The maximum Gasteiger partial charge on any atom is 0.305 e. The summed E-state index contributed by atoms with van der Waals surface area (Å²) in [5.74, 6) is -2.55. The van der Waals surface area contributed by atoms with E-state index in [1.165, 1.54) is 34.6 Å². The zero-order valence-electron chi connectivity index (χ0n) is 14.4. The van der Waals surface area contributed by atoms with E-state index in [2.05, 4.69) is 10.6 Å². The van der Waals surface area contributed by atoms with Crippen molar-refractivity contribution in [2.45, 2.75) is 68.7 Å². The van der Waals surface area contributed by atoms with E-state index in [4.69, 9.17) is 10.8 Å². The molecule has 0 radical (unpaired) electrons. The molecule has 2 unspecified atom stereocenters. The number of carbonyl (C=O) groups excluding carboxylic acids is 2. The topological polar surface area (TPSA) is 156 Å². The molecule has 138 valence electrons. The summed E-state index contributed by atoms with van der Waals surface area (Å²) in [4.78, 5) is 34.5. The molecule has 0 aromatic carbocycles. The minimum atomic E-state index is -3.40. The Balaban J connectivity index is 2.72. The molecule has 0 aromatic heterocycles. The Kier molecular flexibility index (Phi) is 5.36. The van der Waals surface area contributed by atoms with Crippen molar-refractivity contribution in [3.63, 3.8) is 0 Å². The number of carboxylic acid groups (broad SMARTS) is 1. The second-order valence-corrected chi connectivity index (χ2v) is 10.2. The fourth-order valence-electron chi connectivity index (χ4n) is 3.05. The fourth-order valence-corrected chi connectivity index (χ4v) is 5.55. The van der Waals surface area contributed by atoms with Gasteiger partial charge in [0.25, 0.3) is 0 Å². The Morgan fingerprint density at radius 3 is 2.00 bits per heavy atom. The van der Waals surface area contributed by atoms with Gasteiger partial charge in [-0.15, -0.1) is 0 Å². The third-order valence-corrected chi connectivity index (χ3v) is 7.79. The van der Waals surface area contributed by atoms with Crippen molar-refractivity contribution in [2.24, 2.45) is 5.73 Å². The molecule has 2 amide bonds. The van der Waals surface area contributed by atoms with Gasteiger partial charge in [-0.05, 0) is 34.6 Å². The van der Waals surface area contributed by atoms with Crippen LogP contribution in [0.15, 0.2) is 0 Å². The largest absolute Gasteiger partial charge is 0.481 e. The van der Waals surface area contributed by atoms with Crippen molar-refractivity contribution in [3.8, 4) is 0 Å². The lowest BCUT2D eigenvalue weighted by Crippen LogP contribution is -2.78. The molecule has 10 heteroatoms. The molecule has 1 aliphatic heterocycles. The minimum Gasteiger partial charge on any atom is -0.481 e. The van der Waals surface area contributed by atoms with Gasteiger partial charge in [0.05, 0.1) is 28.0 Å². The lowest BCUT2D eigenvalue weighted by Gasteiger charge is -2.56. The molecule has 0 saturated carbocycles. The van der Waals surface area contributed by atoms with Crippen LogP contribution in [0.2, 0.25) is 0 Å². The van der Waals surface area contributed by atoms with Crippen LogP contribution in [0.5, 0.6) is 0 Å². The SMILES string of the molecule is CC(NC(=O)C(N)CC(=O)O)C(=O)NC1C(C)(C)S(=O)(=O)C1(C)C. The first-order chi connectivity index (χ1) is 10.7. The predicted octanol–water partition coefficient (Wildman–Crippen LogP) is -1.24. The summed E-state index contributed by atoms with van der Waals surface area (Å²) in [7, 11) is -3.40. The number of rotatable bonds is 6. The number of nitrogens with two attached hydrogens (primary N) is 1. The van der Waals surface area contributed by atoms with Crippen LogP contribution >= 0.6 is 0 Å². The third kappa shape index (κ3) is 3.25. The Morgan fingerprint density at radius 1 is 1.12 bits per heavy atom. The molecule has 1 heterocycles. The lowest BCUT2D eigenvalue weighted by molar-refractivity contribution is -0.139. The van der Waals surface area contributed by atoms with Gasteiger partial charge in [0, 0.05) is 0 Å². The van der Waals surface area contributed by atoms with Crippen molar-refractivity contribution in [1.82, 2.24) is 10.6 Å². The average Bonchev–Trinajstić information content (AvgIpc) is 2.42. The van der Waals surface area contributed by atoms with Gasteiger partial charge in [0.1, 0.15) is 6.04 Å². The van der Waals surface area contributed by atoms with E-state index >= 15 is 0 Å². The number of nitrogens with one attached hydrogen (secondary N) is 2. The summed E-state index contributed by atoms with van der Waals surface area (Å²) in [5.41, 5.74) is 5.42. The Labute approximate surface area is 141 Å². The van der Waals surface area contributed by atoms with Crippen LogP contribution in [0.4, 0.5) is 0 Å². The van der Waals surface area contributed by atoms with Crippen LogP contribution < -0.4 is 16.4 Å². The second-order valence-electron chi connectivity index (χ2n) is 7.09. The van der Waals surface area contributed by atoms with Crippen LogP contribution in [0.25, 0.3) is 0 Å². The summed E-state index contributed by atoms with van der Waals surface area (Å²) in [6, 6.07) is -2.86. The van der Waals surface area contributed by atoms with Gasteiger partial charge < -0.3 is 21.5 Å². The van der Waals surface area contributed by atoms with Gasteiger partial charge in [0.2, 0.25) is 11.8 Å². The number of sulfone groups is 1. The number of hydrogen-bond donors (Lipinski definition) is 4. The highest BCUT2D eigenvalue weighted by atomic mass is 32.2. The van der Waals surface area contributed by atoms with Crippen LogP contribution in [-0.2, 0) is 24.2 Å². The molecule has 24 heavy (non-hydrogen) atoms. The van der Waals surface area contributed by atoms with Crippen molar-refractivity contribution < 1.29 is 27.9 Å². The summed E-state index contributed by atoms with van der Waals surface area (Å²) < 4.78 is 22.2. The first-order valence-corrected chi connectivity index (χ1v) is 8.97. The van der Waals surface area contributed by atoms with E-state index in [1.54, 1.807) is 0 Å². The number of amides is 2. The minimum absolute atomic E-state index is 0.554. The first-order valence-electron chi connectivity index (χ1n) is 7.48. The van der Waals surface area contributed by atoms with Crippen LogP contribution in [0, 0.1) is 0 Å². The maximum absolute atomic E-state index is 12.2. The van der Waals surface area contributed by atoms with Gasteiger partial charge in [0.15, 0.2) is 9.84 Å². The molecule has 1 rings (SSSR count). The van der Waals surface area contributed by atoms with Gasteiger partial charge in [-0.1, -0.05) is 0 Å². The summed E-state index contributed by atoms with van der Waals surface area (Å²) >= 11 is 0. The molecule has 0 bridgehead atoms. The van der Waals surface area contributed by atoms with Gasteiger partial charge in [-0.3, -0.25) is 14.4 Å². The normalized spacial score (nSPS) is 23.4. The van der Waals surface area contributed by atoms with E-state index < -0.39 is 61.7 Å². The number of aliphatic carboxylic acids is 1. The molecule has 1 fully saturated rings. The van der Waals surface area contributed by atoms with E-state index in [-0.39, 0.29) is 0 Å². The average molecular weight is 363 g/mol. The first kappa shape index (κ1) is 20.4. The van der Waals surface area contributed by atoms with E-state index in [0.29, 0.717) is 0 Å². The fraction of sp³-hybridized carbons (Fsp3) is 0.786. The maximum atomic E-state index is 12.2.